The molecule has 9 nitrogen and oxygen atoms in total. The normalized spacial score (nSPS) is 14.3. The zero-order valence-corrected chi connectivity index (χ0v) is 23.0. The van der Waals surface area contributed by atoms with Gasteiger partial charge in [0, 0.05) is 18.5 Å². The lowest BCUT2D eigenvalue weighted by Gasteiger charge is -2.35. The number of carbonyl (C=O) groups is 2. The summed E-state index contributed by atoms with van der Waals surface area (Å²) in [5.74, 6) is 0.768. The highest BCUT2D eigenvalue weighted by molar-refractivity contribution is 5.81. The van der Waals surface area contributed by atoms with Crippen molar-refractivity contribution in [3.8, 4) is 23.0 Å². The van der Waals surface area contributed by atoms with E-state index in [0.29, 0.717) is 31.9 Å². The van der Waals surface area contributed by atoms with Crippen molar-refractivity contribution in [1.82, 2.24) is 0 Å². The molecule has 3 aromatic carbocycles. The average Bonchev–Trinajstić information content (AvgIpc) is 2.98. The number of carboxylic acid groups (broad SMARTS) is 2. The number of nitrogens with zero attached hydrogens (tertiary/aromatic N) is 1. The third-order valence-electron chi connectivity index (χ3n) is 6.58. The smallest absolute Gasteiger partial charge is 0.346 e. The summed E-state index contributed by atoms with van der Waals surface area (Å²) >= 11 is 0. The highest BCUT2D eigenvalue weighted by Gasteiger charge is 2.31. The minimum Gasteiger partial charge on any atom is -0.494 e. The monoisotopic (exact) mass is 561 g/mol. The molecule has 0 aliphatic carbocycles. The number of unbranched alkanes of at least 4 members (excludes halogenated alkanes) is 1. The van der Waals surface area contributed by atoms with Gasteiger partial charge in [0.25, 0.3) is 0 Å². The number of benzene rings is 3. The van der Waals surface area contributed by atoms with Gasteiger partial charge in [-0.1, -0.05) is 48.6 Å². The molecule has 0 radical (unpaired) electrons. The van der Waals surface area contributed by atoms with Crippen molar-refractivity contribution in [3.05, 3.63) is 77.9 Å². The molecular weight excluding hydrogens is 526 g/mol. The average molecular weight is 562 g/mol. The molecule has 0 fully saturated rings. The Kier molecular flexibility index (Phi) is 10.5. The van der Waals surface area contributed by atoms with E-state index in [9.17, 15) is 14.7 Å². The second-order valence-electron chi connectivity index (χ2n) is 9.54. The molecule has 41 heavy (non-hydrogen) atoms. The van der Waals surface area contributed by atoms with Crippen LogP contribution in [0.2, 0.25) is 0 Å². The number of hydrogen-bond acceptors (Lipinski definition) is 7. The molecule has 3 aromatic rings. The minimum absolute atomic E-state index is 0.0159. The summed E-state index contributed by atoms with van der Waals surface area (Å²) in [6.07, 6.45) is 4.90. The van der Waals surface area contributed by atoms with Crippen molar-refractivity contribution >= 4 is 29.8 Å². The Hall–Kier alpha value is -4.66. The van der Waals surface area contributed by atoms with Crippen LogP contribution in [-0.4, -0.2) is 61.7 Å². The quantitative estimate of drug-likeness (QED) is 0.180. The molecule has 0 amide bonds. The van der Waals surface area contributed by atoms with Crippen LogP contribution in [0.4, 0.5) is 5.69 Å². The molecule has 2 N–H and O–H groups in total. The number of hydrogen-bond donors (Lipinski definition) is 2. The van der Waals surface area contributed by atoms with Gasteiger partial charge in [-0.3, -0.25) is 4.79 Å². The molecule has 1 aliphatic rings. The largest absolute Gasteiger partial charge is 0.494 e. The maximum atomic E-state index is 11.7. The van der Waals surface area contributed by atoms with Gasteiger partial charge in [0.1, 0.15) is 5.75 Å². The number of carboxylic acids is 2. The number of aliphatic carboxylic acids is 2. The fourth-order valence-corrected chi connectivity index (χ4v) is 4.47. The Morgan fingerprint density at radius 3 is 2.34 bits per heavy atom. The summed E-state index contributed by atoms with van der Waals surface area (Å²) < 4.78 is 22.8. The summed E-state index contributed by atoms with van der Waals surface area (Å²) in [6.45, 7) is 1.74. The van der Waals surface area contributed by atoms with Crippen LogP contribution in [0.15, 0.2) is 66.7 Å². The van der Waals surface area contributed by atoms with Crippen LogP contribution >= 0.6 is 0 Å². The first kappa shape index (κ1) is 29.3. The molecule has 1 unspecified atom stereocenters. The van der Waals surface area contributed by atoms with E-state index in [1.807, 2.05) is 83.8 Å². The molecule has 1 aliphatic heterocycles. The SMILES string of the molecule is COc1ccccc1OCCCCOc1ccc(/C=C/c2cccc3c2OC(C(=O)O)CN3CCCC(=O)O)cc1. The summed E-state index contributed by atoms with van der Waals surface area (Å²) in [5, 5.41) is 18.6. The first-order valence-electron chi connectivity index (χ1n) is 13.6. The number of methoxy groups -OCH3 is 1. The molecule has 0 saturated heterocycles. The van der Waals surface area contributed by atoms with Crippen LogP contribution < -0.4 is 23.8 Å². The van der Waals surface area contributed by atoms with Crippen LogP contribution in [0.1, 0.15) is 36.8 Å². The third kappa shape index (κ3) is 8.41. The van der Waals surface area contributed by atoms with Crippen LogP contribution in [0.3, 0.4) is 0 Å². The lowest BCUT2D eigenvalue weighted by molar-refractivity contribution is -0.145. The van der Waals surface area contributed by atoms with Crippen molar-refractivity contribution in [2.75, 3.05) is 38.3 Å². The first-order chi connectivity index (χ1) is 19.9. The van der Waals surface area contributed by atoms with Gasteiger partial charge in [0.2, 0.25) is 6.10 Å². The van der Waals surface area contributed by atoms with Crippen LogP contribution in [0.25, 0.3) is 12.2 Å². The standard InChI is InChI=1S/C32H35NO8/c1-38-27-10-2-3-11-28(27)40-21-5-4-20-39-25-17-14-23(15-18-25)13-16-24-8-6-9-26-31(24)41-29(32(36)37)22-33(26)19-7-12-30(34)35/h2-3,6,8-11,13-18,29H,4-5,7,12,19-22H2,1H3,(H,34,35)(H,36,37)/b16-13+. The van der Waals surface area contributed by atoms with Gasteiger partial charge in [-0.25, -0.2) is 4.79 Å². The van der Waals surface area contributed by atoms with Gasteiger partial charge in [-0.05, 0) is 55.2 Å². The van der Waals surface area contributed by atoms with Gasteiger partial charge >= 0.3 is 11.9 Å². The second-order valence-corrected chi connectivity index (χ2v) is 9.54. The lowest BCUT2D eigenvalue weighted by atomic mass is 10.1. The maximum absolute atomic E-state index is 11.7. The van der Waals surface area contributed by atoms with E-state index in [4.69, 9.17) is 24.1 Å². The molecule has 0 spiro atoms. The summed E-state index contributed by atoms with van der Waals surface area (Å²) in [5.41, 5.74) is 2.45. The molecule has 9 heteroatoms. The Bertz CT molecular complexity index is 1340. The van der Waals surface area contributed by atoms with E-state index in [2.05, 4.69) is 0 Å². The summed E-state index contributed by atoms with van der Waals surface area (Å²) in [4.78, 5) is 24.6. The third-order valence-corrected chi connectivity index (χ3v) is 6.58. The fourth-order valence-electron chi connectivity index (χ4n) is 4.47. The number of para-hydroxylation sites is 3. The summed E-state index contributed by atoms with van der Waals surface area (Å²) in [6, 6.07) is 20.9. The van der Waals surface area contributed by atoms with Crippen molar-refractivity contribution in [2.45, 2.75) is 31.8 Å². The molecule has 216 valence electrons. The highest BCUT2D eigenvalue weighted by atomic mass is 16.5. The molecule has 4 rings (SSSR count). The van der Waals surface area contributed by atoms with Crippen molar-refractivity contribution < 1.29 is 38.7 Å². The maximum Gasteiger partial charge on any atom is 0.346 e. The summed E-state index contributed by atoms with van der Waals surface area (Å²) in [7, 11) is 1.62. The Morgan fingerprint density at radius 1 is 0.902 bits per heavy atom. The topological polar surface area (TPSA) is 115 Å². The van der Waals surface area contributed by atoms with E-state index >= 15 is 0 Å². The molecule has 0 bridgehead atoms. The van der Waals surface area contributed by atoms with E-state index in [-0.39, 0.29) is 13.0 Å². The van der Waals surface area contributed by atoms with Gasteiger partial charge in [0.05, 0.1) is 32.6 Å². The van der Waals surface area contributed by atoms with E-state index in [1.54, 1.807) is 7.11 Å². The zero-order valence-electron chi connectivity index (χ0n) is 23.0. The van der Waals surface area contributed by atoms with Crippen LogP contribution in [0, 0.1) is 0 Å². The predicted molar refractivity (Wildman–Crippen MR) is 156 cm³/mol. The van der Waals surface area contributed by atoms with E-state index < -0.39 is 18.0 Å². The molecule has 1 heterocycles. The number of rotatable bonds is 15. The van der Waals surface area contributed by atoms with Gasteiger partial charge < -0.3 is 34.1 Å². The molecule has 1 atom stereocenters. The minimum atomic E-state index is -1.06. The fraction of sp³-hybridized carbons (Fsp3) is 0.312. The Morgan fingerprint density at radius 2 is 1.63 bits per heavy atom. The molecule has 0 aromatic heterocycles. The predicted octanol–water partition coefficient (Wildman–Crippen LogP) is 5.62. The van der Waals surface area contributed by atoms with E-state index in [1.165, 1.54) is 0 Å². The van der Waals surface area contributed by atoms with Crippen molar-refractivity contribution in [3.63, 3.8) is 0 Å². The number of anilines is 1. The Labute approximate surface area is 239 Å². The lowest BCUT2D eigenvalue weighted by Crippen LogP contribution is -2.45. The molecular formula is C32H35NO8. The van der Waals surface area contributed by atoms with Crippen molar-refractivity contribution in [2.24, 2.45) is 0 Å². The van der Waals surface area contributed by atoms with Gasteiger partial charge in [0.15, 0.2) is 17.2 Å². The number of ether oxygens (including phenoxy) is 4. The number of fused-ring (bicyclic) bond motifs is 1. The van der Waals surface area contributed by atoms with E-state index in [0.717, 1.165) is 46.9 Å². The molecule has 0 saturated carbocycles. The van der Waals surface area contributed by atoms with Crippen LogP contribution in [-0.2, 0) is 9.59 Å². The zero-order chi connectivity index (χ0) is 29.0. The van der Waals surface area contributed by atoms with Crippen LogP contribution in [0.5, 0.6) is 23.0 Å². The first-order valence-corrected chi connectivity index (χ1v) is 13.6. The van der Waals surface area contributed by atoms with Gasteiger partial charge in [-0.15, -0.1) is 0 Å². The second kappa shape index (κ2) is 14.6. The van der Waals surface area contributed by atoms with Gasteiger partial charge in [-0.2, -0.15) is 0 Å². The van der Waals surface area contributed by atoms with Crippen molar-refractivity contribution in [1.29, 1.82) is 0 Å². The Balaban J connectivity index is 1.30. The highest BCUT2D eigenvalue weighted by Crippen LogP contribution is 2.38.